The summed E-state index contributed by atoms with van der Waals surface area (Å²) in [6.45, 7) is 4.92. The van der Waals surface area contributed by atoms with E-state index in [9.17, 15) is 0 Å². The van der Waals surface area contributed by atoms with Gasteiger partial charge in [0.05, 0.1) is 6.61 Å². The van der Waals surface area contributed by atoms with Gasteiger partial charge in [-0.2, -0.15) is 5.10 Å². The van der Waals surface area contributed by atoms with E-state index < -0.39 is 0 Å². The number of aromatic amines is 1. The molecule has 0 atom stereocenters. The number of nitrogens with two attached hydrogens (primary N) is 1. The van der Waals surface area contributed by atoms with Crippen molar-refractivity contribution in [3.05, 3.63) is 47.8 Å². The summed E-state index contributed by atoms with van der Waals surface area (Å²) in [7, 11) is 0. The van der Waals surface area contributed by atoms with Crippen LogP contribution in [0.2, 0.25) is 0 Å². The maximum Gasteiger partial charge on any atom is 0.169 e. The summed E-state index contributed by atoms with van der Waals surface area (Å²) in [6.07, 6.45) is 3.48. The van der Waals surface area contributed by atoms with Crippen molar-refractivity contribution >= 4 is 34.1 Å². The number of ether oxygens (including phenoxy) is 1. The average Bonchev–Trinajstić information content (AvgIpc) is 2.97. The fraction of sp³-hybridized carbons (Fsp3) is 0.316. The first-order valence-corrected chi connectivity index (χ1v) is 9.04. The molecule has 2 aromatic heterocycles. The minimum absolute atomic E-state index is 0.185. The lowest BCUT2D eigenvalue weighted by Gasteiger charge is -2.11. The Morgan fingerprint density at radius 3 is 2.88 bits per heavy atom. The largest absolute Gasteiger partial charge is 0.491 e. The Balaban J connectivity index is 1.86. The summed E-state index contributed by atoms with van der Waals surface area (Å²) in [6, 6.07) is 10.1. The number of hydrogen-bond donors (Lipinski definition) is 3. The van der Waals surface area contributed by atoms with E-state index >= 15 is 0 Å². The summed E-state index contributed by atoms with van der Waals surface area (Å²) in [5.74, 6) is 1.93. The first-order chi connectivity index (χ1) is 12.5. The fourth-order valence-electron chi connectivity index (χ4n) is 2.87. The summed E-state index contributed by atoms with van der Waals surface area (Å²) >= 11 is 4.94. The van der Waals surface area contributed by atoms with Crippen molar-refractivity contribution in [1.29, 1.82) is 0 Å². The summed E-state index contributed by atoms with van der Waals surface area (Å²) in [5.41, 5.74) is 8.63. The molecule has 0 bridgehead atoms. The second-order valence-electron chi connectivity index (χ2n) is 6.60. The molecule has 0 saturated carbocycles. The van der Waals surface area contributed by atoms with Crippen molar-refractivity contribution in [2.75, 3.05) is 11.9 Å². The molecule has 0 aliphatic carbocycles. The topological polar surface area (TPSA) is 88.8 Å². The van der Waals surface area contributed by atoms with E-state index in [-0.39, 0.29) is 5.11 Å². The standard InChI is InChI=1S/C19H23N5OS/c1-12(2)9-13-10-15-17(23-24-18(15)22-19(20)26)16(11-13)25-8-6-14-5-3-4-7-21-14/h3-5,7,10-12H,6,8-9H2,1-2H3,(H4,20,22,23,24,26). The maximum absolute atomic E-state index is 6.06. The van der Waals surface area contributed by atoms with Crippen molar-refractivity contribution in [3.63, 3.8) is 0 Å². The van der Waals surface area contributed by atoms with E-state index in [0.29, 0.717) is 18.3 Å². The molecule has 0 fully saturated rings. The molecule has 0 radical (unpaired) electrons. The lowest BCUT2D eigenvalue weighted by Crippen LogP contribution is -2.19. The fourth-order valence-corrected chi connectivity index (χ4v) is 2.97. The van der Waals surface area contributed by atoms with E-state index in [4.69, 9.17) is 22.7 Å². The zero-order chi connectivity index (χ0) is 18.5. The van der Waals surface area contributed by atoms with Gasteiger partial charge in [-0.15, -0.1) is 0 Å². The monoisotopic (exact) mass is 369 g/mol. The molecule has 0 spiro atoms. The van der Waals surface area contributed by atoms with Crippen molar-refractivity contribution in [1.82, 2.24) is 15.2 Å². The minimum Gasteiger partial charge on any atom is -0.491 e. The molecule has 6 nitrogen and oxygen atoms in total. The van der Waals surface area contributed by atoms with Crippen molar-refractivity contribution in [2.24, 2.45) is 11.7 Å². The number of hydrogen-bond acceptors (Lipinski definition) is 4. The van der Waals surface area contributed by atoms with Crippen LogP contribution in [0.1, 0.15) is 25.1 Å². The lowest BCUT2D eigenvalue weighted by atomic mass is 10.0. The third kappa shape index (κ3) is 4.49. The molecule has 7 heteroatoms. The van der Waals surface area contributed by atoms with Gasteiger partial charge in [0.2, 0.25) is 0 Å². The van der Waals surface area contributed by atoms with E-state index in [1.807, 2.05) is 18.2 Å². The molecule has 1 aromatic carbocycles. The van der Waals surface area contributed by atoms with Crippen LogP contribution in [-0.2, 0) is 12.8 Å². The van der Waals surface area contributed by atoms with Crippen LogP contribution in [0.15, 0.2) is 36.5 Å². The Bertz CT molecular complexity index is 892. The quantitative estimate of drug-likeness (QED) is 0.553. The van der Waals surface area contributed by atoms with Crippen LogP contribution < -0.4 is 15.8 Å². The molecular formula is C19H23N5OS. The number of nitrogens with one attached hydrogen (secondary N) is 2. The highest BCUT2D eigenvalue weighted by Crippen LogP contribution is 2.31. The van der Waals surface area contributed by atoms with Crippen LogP contribution in [0.5, 0.6) is 5.75 Å². The first kappa shape index (κ1) is 18.1. The number of benzene rings is 1. The van der Waals surface area contributed by atoms with Gasteiger partial charge in [0.25, 0.3) is 0 Å². The number of H-pyrrole nitrogens is 1. The maximum atomic E-state index is 6.06. The normalized spacial score (nSPS) is 11.0. The Morgan fingerprint density at radius 1 is 1.35 bits per heavy atom. The SMILES string of the molecule is CC(C)Cc1cc(OCCc2ccccn2)c2[nH]nc(NC(N)=S)c2c1. The molecule has 0 aliphatic rings. The molecule has 0 amide bonds. The Morgan fingerprint density at radius 2 is 2.19 bits per heavy atom. The van der Waals surface area contributed by atoms with E-state index in [1.165, 1.54) is 5.56 Å². The molecule has 0 aliphatic heterocycles. The van der Waals surface area contributed by atoms with Gasteiger partial charge in [-0.25, -0.2) is 0 Å². The van der Waals surface area contributed by atoms with Gasteiger partial charge in [-0.05, 0) is 54.4 Å². The number of rotatable bonds is 7. The Kier molecular flexibility index (Phi) is 5.68. The predicted molar refractivity (Wildman–Crippen MR) is 108 cm³/mol. The van der Waals surface area contributed by atoms with Gasteiger partial charge in [-0.3, -0.25) is 10.1 Å². The van der Waals surface area contributed by atoms with Gasteiger partial charge < -0.3 is 15.8 Å². The third-order valence-corrected chi connectivity index (χ3v) is 4.03. The van der Waals surface area contributed by atoms with Crippen molar-refractivity contribution in [3.8, 4) is 5.75 Å². The summed E-state index contributed by atoms with van der Waals surface area (Å²) in [5, 5.41) is 11.3. The molecule has 26 heavy (non-hydrogen) atoms. The van der Waals surface area contributed by atoms with Gasteiger partial charge >= 0.3 is 0 Å². The second-order valence-corrected chi connectivity index (χ2v) is 7.04. The number of fused-ring (bicyclic) bond motifs is 1. The highest BCUT2D eigenvalue weighted by molar-refractivity contribution is 7.80. The summed E-state index contributed by atoms with van der Waals surface area (Å²) < 4.78 is 6.06. The molecule has 4 N–H and O–H groups in total. The molecule has 3 rings (SSSR count). The smallest absolute Gasteiger partial charge is 0.169 e. The van der Waals surface area contributed by atoms with Gasteiger partial charge in [0, 0.05) is 23.7 Å². The van der Waals surface area contributed by atoms with E-state index in [1.54, 1.807) is 6.20 Å². The number of nitrogens with zero attached hydrogens (tertiary/aromatic N) is 2. The van der Waals surface area contributed by atoms with Crippen LogP contribution in [0.4, 0.5) is 5.82 Å². The number of thiocarbonyl (C=S) groups is 1. The van der Waals surface area contributed by atoms with Crippen LogP contribution >= 0.6 is 12.2 Å². The van der Waals surface area contributed by atoms with E-state index in [2.05, 4.69) is 46.5 Å². The molecule has 136 valence electrons. The Labute approximate surface area is 158 Å². The molecular weight excluding hydrogens is 346 g/mol. The molecule has 2 heterocycles. The summed E-state index contributed by atoms with van der Waals surface area (Å²) in [4.78, 5) is 4.33. The zero-order valence-corrected chi connectivity index (χ0v) is 15.8. The minimum atomic E-state index is 0.185. The number of aromatic nitrogens is 3. The van der Waals surface area contributed by atoms with Crippen molar-refractivity contribution < 1.29 is 4.74 Å². The molecule has 0 unspecified atom stereocenters. The average molecular weight is 369 g/mol. The number of pyridine rings is 1. The predicted octanol–water partition coefficient (Wildman–Crippen LogP) is 3.43. The highest BCUT2D eigenvalue weighted by atomic mass is 32.1. The third-order valence-electron chi connectivity index (χ3n) is 3.92. The number of anilines is 1. The zero-order valence-electron chi connectivity index (χ0n) is 15.0. The van der Waals surface area contributed by atoms with Gasteiger partial charge in [0.15, 0.2) is 10.9 Å². The van der Waals surface area contributed by atoms with Crippen LogP contribution in [-0.4, -0.2) is 26.9 Å². The van der Waals surface area contributed by atoms with Crippen LogP contribution in [0, 0.1) is 5.92 Å². The lowest BCUT2D eigenvalue weighted by molar-refractivity contribution is 0.323. The molecule has 3 aromatic rings. The van der Waals surface area contributed by atoms with Crippen LogP contribution in [0.25, 0.3) is 10.9 Å². The van der Waals surface area contributed by atoms with Crippen molar-refractivity contribution in [2.45, 2.75) is 26.7 Å². The first-order valence-electron chi connectivity index (χ1n) is 8.63. The van der Waals surface area contributed by atoms with Gasteiger partial charge in [0.1, 0.15) is 11.3 Å². The Hall–Kier alpha value is -2.67. The van der Waals surface area contributed by atoms with E-state index in [0.717, 1.165) is 35.2 Å². The molecule has 0 saturated heterocycles. The highest BCUT2D eigenvalue weighted by Gasteiger charge is 2.14. The second kappa shape index (κ2) is 8.14. The van der Waals surface area contributed by atoms with Gasteiger partial charge in [-0.1, -0.05) is 19.9 Å². The van der Waals surface area contributed by atoms with Crippen LogP contribution in [0.3, 0.4) is 0 Å².